The molecule has 2 atom stereocenters. The Morgan fingerprint density at radius 2 is 1.85 bits per heavy atom. The van der Waals surface area contributed by atoms with Gasteiger partial charge in [0.2, 0.25) is 0 Å². The van der Waals surface area contributed by atoms with Gasteiger partial charge in [-0.3, -0.25) is 0 Å². The molecule has 0 rings (SSSR count). The third kappa shape index (κ3) is 8.76. The van der Waals surface area contributed by atoms with Gasteiger partial charge in [-0.1, -0.05) is 25.9 Å². The fourth-order valence-electron chi connectivity index (χ4n) is 2.28. The van der Waals surface area contributed by atoms with Crippen LogP contribution in [0.3, 0.4) is 0 Å². The molecule has 5 N–H and O–H groups in total. The lowest BCUT2D eigenvalue weighted by Crippen LogP contribution is -2.35. The molecule has 0 heterocycles. The minimum atomic E-state index is -0.292. The number of hydrogen-bond donors (Lipinski definition) is 3. The summed E-state index contributed by atoms with van der Waals surface area (Å²) in [4.78, 5) is 0. The van der Waals surface area contributed by atoms with Crippen LogP contribution in [-0.2, 0) is 0 Å². The Balaban J connectivity index is 4.76. The summed E-state index contributed by atoms with van der Waals surface area (Å²) in [6, 6.07) is 2.34. The van der Waals surface area contributed by atoms with Gasteiger partial charge >= 0.3 is 0 Å². The van der Waals surface area contributed by atoms with E-state index < -0.39 is 0 Å². The summed E-state index contributed by atoms with van der Waals surface area (Å²) >= 11 is 0. The highest BCUT2D eigenvalue weighted by molar-refractivity contribution is 5.82. The van der Waals surface area contributed by atoms with Gasteiger partial charge in [-0.05, 0) is 44.9 Å². The summed E-state index contributed by atoms with van der Waals surface area (Å²) in [6.07, 6.45) is 2.90. The van der Waals surface area contributed by atoms with Gasteiger partial charge in [0, 0.05) is 17.4 Å². The molecule has 116 valence electrons. The molecule has 0 saturated heterocycles. The lowest BCUT2D eigenvalue weighted by atomic mass is 9.79. The Morgan fingerprint density at radius 3 is 2.20 bits per heavy atom. The van der Waals surface area contributed by atoms with E-state index >= 15 is 0 Å². The second kappa shape index (κ2) is 7.49. The molecule has 5 nitrogen and oxygen atoms in total. The molecule has 0 spiro atoms. The van der Waals surface area contributed by atoms with Crippen LogP contribution in [-0.4, -0.2) is 16.6 Å². The maximum atomic E-state index is 9.30. The maximum absolute atomic E-state index is 9.30. The van der Waals surface area contributed by atoms with Crippen molar-refractivity contribution in [3.63, 3.8) is 0 Å². The zero-order valence-electron chi connectivity index (χ0n) is 13.5. The SMILES string of the molecule is CC(C)(C)CC(C#N)CC(CCC(C)(C)N)/C(N)=N/O. The number of rotatable bonds is 7. The molecule has 0 aliphatic rings. The predicted octanol–water partition coefficient (Wildman–Crippen LogP) is 2.83. The second-order valence-electron chi connectivity index (χ2n) is 7.58. The average Bonchev–Trinajstić information content (AvgIpc) is 2.29. The summed E-state index contributed by atoms with van der Waals surface area (Å²) < 4.78 is 0. The second-order valence-corrected chi connectivity index (χ2v) is 7.58. The minimum Gasteiger partial charge on any atom is -0.409 e. The van der Waals surface area contributed by atoms with E-state index in [4.69, 9.17) is 16.7 Å². The van der Waals surface area contributed by atoms with Gasteiger partial charge in [0.25, 0.3) is 0 Å². The van der Waals surface area contributed by atoms with Crippen LogP contribution < -0.4 is 11.5 Å². The fraction of sp³-hybridized carbons (Fsp3) is 0.867. The molecule has 0 aromatic heterocycles. The van der Waals surface area contributed by atoms with E-state index in [0.717, 1.165) is 19.3 Å². The summed E-state index contributed by atoms with van der Waals surface area (Å²) in [6.45, 7) is 10.2. The van der Waals surface area contributed by atoms with Crippen molar-refractivity contribution in [1.29, 1.82) is 5.26 Å². The van der Waals surface area contributed by atoms with Crippen molar-refractivity contribution >= 4 is 5.84 Å². The van der Waals surface area contributed by atoms with Crippen molar-refractivity contribution in [2.24, 2.45) is 33.9 Å². The van der Waals surface area contributed by atoms with Crippen molar-refractivity contribution in [3.05, 3.63) is 0 Å². The normalized spacial score (nSPS) is 16.6. The maximum Gasteiger partial charge on any atom is 0.142 e. The van der Waals surface area contributed by atoms with Crippen LogP contribution in [0.2, 0.25) is 0 Å². The summed E-state index contributed by atoms with van der Waals surface area (Å²) in [5.41, 5.74) is 11.5. The lowest BCUT2D eigenvalue weighted by molar-refractivity contribution is 0.288. The van der Waals surface area contributed by atoms with Crippen LogP contribution in [0.1, 0.15) is 60.3 Å². The van der Waals surface area contributed by atoms with E-state index in [-0.39, 0.29) is 28.6 Å². The zero-order chi connectivity index (χ0) is 16.0. The van der Waals surface area contributed by atoms with Crippen LogP contribution in [0.4, 0.5) is 0 Å². The molecular formula is C15H30N4O. The van der Waals surface area contributed by atoms with Gasteiger partial charge in [0.05, 0.1) is 6.07 Å². The largest absolute Gasteiger partial charge is 0.409 e. The molecule has 20 heavy (non-hydrogen) atoms. The smallest absolute Gasteiger partial charge is 0.142 e. The summed E-state index contributed by atoms with van der Waals surface area (Å²) in [7, 11) is 0. The molecule has 2 unspecified atom stereocenters. The predicted molar refractivity (Wildman–Crippen MR) is 82.2 cm³/mol. The molecule has 5 heteroatoms. The van der Waals surface area contributed by atoms with E-state index in [2.05, 4.69) is 32.0 Å². The molecular weight excluding hydrogens is 252 g/mol. The topological polar surface area (TPSA) is 108 Å². The van der Waals surface area contributed by atoms with Crippen molar-refractivity contribution in [2.45, 2.75) is 65.8 Å². The molecule has 0 amide bonds. The van der Waals surface area contributed by atoms with Crippen LogP contribution in [0, 0.1) is 28.6 Å². The molecule has 0 aliphatic carbocycles. The van der Waals surface area contributed by atoms with Crippen molar-refractivity contribution in [3.8, 4) is 6.07 Å². The van der Waals surface area contributed by atoms with E-state index in [1.165, 1.54) is 0 Å². The third-order valence-electron chi connectivity index (χ3n) is 3.28. The number of oxime groups is 1. The van der Waals surface area contributed by atoms with Gasteiger partial charge in [-0.15, -0.1) is 0 Å². The highest BCUT2D eigenvalue weighted by Gasteiger charge is 2.25. The minimum absolute atomic E-state index is 0.0865. The molecule has 0 aliphatic heterocycles. The highest BCUT2D eigenvalue weighted by atomic mass is 16.4. The molecule has 0 aromatic carbocycles. The van der Waals surface area contributed by atoms with Crippen molar-refractivity contribution in [1.82, 2.24) is 0 Å². The van der Waals surface area contributed by atoms with E-state index in [0.29, 0.717) is 6.42 Å². The number of hydrogen-bond acceptors (Lipinski definition) is 4. The fourth-order valence-corrected chi connectivity index (χ4v) is 2.28. The first kappa shape index (κ1) is 18.7. The number of nitriles is 1. The van der Waals surface area contributed by atoms with Gasteiger partial charge in [-0.2, -0.15) is 5.26 Å². The monoisotopic (exact) mass is 282 g/mol. The molecule has 0 radical (unpaired) electrons. The van der Waals surface area contributed by atoms with Gasteiger partial charge < -0.3 is 16.7 Å². The Bertz CT molecular complexity index is 358. The van der Waals surface area contributed by atoms with Crippen molar-refractivity contribution < 1.29 is 5.21 Å². The Kier molecular flexibility index (Phi) is 7.01. The standard InChI is InChI=1S/C15H30N4O/c1-14(2,3)9-11(10-16)8-12(13(17)19-20)6-7-15(4,5)18/h11-12,20H,6-9,18H2,1-5H3,(H2,17,19). The first-order valence-corrected chi connectivity index (χ1v) is 7.14. The highest BCUT2D eigenvalue weighted by Crippen LogP contribution is 2.30. The van der Waals surface area contributed by atoms with Crippen LogP contribution in [0.25, 0.3) is 0 Å². The summed E-state index contributed by atoms with van der Waals surface area (Å²) in [5, 5.41) is 21.3. The molecule has 0 fully saturated rings. The number of nitrogens with two attached hydrogens (primary N) is 2. The van der Waals surface area contributed by atoms with Gasteiger partial charge in [0.1, 0.15) is 5.84 Å². The van der Waals surface area contributed by atoms with Gasteiger partial charge in [-0.25, -0.2) is 0 Å². The molecule has 0 saturated carbocycles. The number of nitrogens with zero attached hydrogens (tertiary/aromatic N) is 2. The number of amidine groups is 1. The van der Waals surface area contributed by atoms with E-state index in [1.54, 1.807) is 0 Å². The molecule has 0 aromatic rings. The molecule has 0 bridgehead atoms. The third-order valence-corrected chi connectivity index (χ3v) is 3.28. The first-order valence-electron chi connectivity index (χ1n) is 7.14. The van der Waals surface area contributed by atoms with Crippen LogP contribution in [0.5, 0.6) is 0 Å². The Morgan fingerprint density at radius 1 is 1.30 bits per heavy atom. The van der Waals surface area contributed by atoms with Crippen LogP contribution in [0.15, 0.2) is 5.16 Å². The van der Waals surface area contributed by atoms with E-state index in [9.17, 15) is 5.26 Å². The van der Waals surface area contributed by atoms with Crippen molar-refractivity contribution in [2.75, 3.05) is 0 Å². The first-order chi connectivity index (χ1) is 8.98. The van der Waals surface area contributed by atoms with Gasteiger partial charge in [0.15, 0.2) is 0 Å². The van der Waals surface area contributed by atoms with Crippen LogP contribution >= 0.6 is 0 Å². The summed E-state index contributed by atoms with van der Waals surface area (Å²) in [5.74, 6) is -0.000536. The van der Waals surface area contributed by atoms with E-state index in [1.807, 2.05) is 13.8 Å². The Hall–Kier alpha value is -1.28. The Labute approximate surface area is 123 Å². The zero-order valence-corrected chi connectivity index (χ0v) is 13.5. The average molecular weight is 282 g/mol. The lowest BCUT2D eigenvalue weighted by Gasteiger charge is -2.26. The quantitative estimate of drug-likeness (QED) is 0.289.